The minimum absolute atomic E-state index is 0.00570. The summed E-state index contributed by atoms with van der Waals surface area (Å²) in [5.74, 6) is -1.02. The molecule has 0 aromatic rings. The number of hydrogen-bond donors (Lipinski definition) is 2. The van der Waals surface area contributed by atoms with Crippen LogP contribution in [0.5, 0.6) is 0 Å². The number of imide groups is 1. The molecule has 1 atom stereocenters. The molecule has 1 saturated carbocycles. The summed E-state index contributed by atoms with van der Waals surface area (Å²) >= 11 is 0. The molecule has 0 aliphatic heterocycles. The van der Waals surface area contributed by atoms with Crippen molar-refractivity contribution in [2.45, 2.75) is 52.0 Å². The quantitative estimate of drug-likeness (QED) is 0.738. The lowest BCUT2D eigenvalue weighted by Crippen LogP contribution is -2.44. The van der Waals surface area contributed by atoms with Gasteiger partial charge in [0.05, 0.1) is 5.92 Å². The summed E-state index contributed by atoms with van der Waals surface area (Å²) in [6.45, 7) is 3.36. The summed E-state index contributed by atoms with van der Waals surface area (Å²) in [5, 5.41) is 4.72. The van der Waals surface area contributed by atoms with Crippen molar-refractivity contribution in [3.63, 3.8) is 0 Å². The molecule has 0 radical (unpaired) electrons. The average Bonchev–Trinajstić information content (AvgIpc) is 2.89. The molecule has 1 fully saturated rings. The third-order valence-corrected chi connectivity index (χ3v) is 3.28. The number of nitrogens with one attached hydrogen (secondary N) is 2. The van der Waals surface area contributed by atoms with Crippen LogP contribution in [0.15, 0.2) is 0 Å². The molecule has 0 aromatic heterocycles. The lowest BCUT2D eigenvalue weighted by molar-refractivity contribution is -0.152. The lowest BCUT2D eigenvalue weighted by atomic mass is 10.1. The highest BCUT2D eigenvalue weighted by atomic mass is 16.5. The fourth-order valence-electron chi connectivity index (χ4n) is 1.94. The van der Waals surface area contributed by atoms with Crippen LogP contribution in [0.3, 0.4) is 0 Å². The smallest absolute Gasteiger partial charge is 0.321 e. The molecule has 1 rings (SSSR count). The predicted molar refractivity (Wildman–Crippen MR) is 69.3 cm³/mol. The van der Waals surface area contributed by atoms with Gasteiger partial charge in [0.15, 0.2) is 6.61 Å². The van der Waals surface area contributed by atoms with Crippen molar-refractivity contribution in [2.24, 2.45) is 5.92 Å². The Hall–Kier alpha value is -1.59. The zero-order valence-corrected chi connectivity index (χ0v) is 11.5. The van der Waals surface area contributed by atoms with Crippen molar-refractivity contribution in [2.75, 3.05) is 6.61 Å². The van der Waals surface area contributed by atoms with Gasteiger partial charge >= 0.3 is 12.0 Å². The molecular weight excluding hydrogens is 248 g/mol. The van der Waals surface area contributed by atoms with Gasteiger partial charge in [-0.15, -0.1) is 0 Å². The first kappa shape index (κ1) is 15.5. The first-order chi connectivity index (χ1) is 9.02. The lowest BCUT2D eigenvalue weighted by Gasteiger charge is -2.12. The Kier molecular flexibility index (Phi) is 6.32. The highest BCUT2D eigenvalue weighted by Crippen LogP contribution is 2.25. The molecular formula is C13H22N2O4. The maximum absolute atomic E-state index is 11.6. The van der Waals surface area contributed by atoms with Gasteiger partial charge in [0.2, 0.25) is 0 Å². The Morgan fingerprint density at radius 3 is 2.47 bits per heavy atom. The van der Waals surface area contributed by atoms with Crippen LogP contribution in [0.1, 0.15) is 46.0 Å². The number of urea groups is 1. The van der Waals surface area contributed by atoms with E-state index in [9.17, 15) is 14.4 Å². The van der Waals surface area contributed by atoms with Gasteiger partial charge < -0.3 is 10.1 Å². The minimum Gasteiger partial charge on any atom is -0.455 e. The molecule has 0 unspecified atom stereocenters. The molecule has 1 aliphatic carbocycles. The number of esters is 1. The number of ether oxygens (including phenoxy) is 1. The Balaban J connectivity index is 2.20. The van der Waals surface area contributed by atoms with E-state index < -0.39 is 18.5 Å². The summed E-state index contributed by atoms with van der Waals surface area (Å²) in [6, 6.07) is -0.565. The minimum atomic E-state index is -0.604. The van der Waals surface area contributed by atoms with Crippen molar-refractivity contribution < 1.29 is 19.1 Å². The molecule has 0 aromatic carbocycles. The average molecular weight is 270 g/mol. The van der Waals surface area contributed by atoms with E-state index in [1.54, 1.807) is 0 Å². The van der Waals surface area contributed by atoms with Gasteiger partial charge in [-0.2, -0.15) is 0 Å². The summed E-state index contributed by atoms with van der Waals surface area (Å²) in [4.78, 5) is 34.3. The van der Waals surface area contributed by atoms with Gasteiger partial charge in [0, 0.05) is 6.04 Å². The van der Waals surface area contributed by atoms with E-state index in [0.717, 1.165) is 32.1 Å². The molecule has 1 aliphatic rings. The van der Waals surface area contributed by atoms with E-state index in [-0.39, 0.29) is 17.9 Å². The Morgan fingerprint density at radius 2 is 1.89 bits per heavy atom. The first-order valence-corrected chi connectivity index (χ1v) is 6.80. The Labute approximate surface area is 113 Å². The van der Waals surface area contributed by atoms with Crippen molar-refractivity contribution >= 4 is 17.9 Å². The predicted octanol–water partition coefficient (Wildman–Crippen LogP) is 1.34. The normalized spacial score (nSPS) is 16.7. The second-order valence-corrected chi connectivity index (χ2v) is 4.92. The van der Waals surface area contributed by atoms with Crippen LogP contribution >= 0.6 is 0 Å². The maximum atomic E-state index is 11.6. The standard InChI is InChI=1S/C13H22N2O4/c1-3-9(2)14-13(18)15-11(16)8-19-12(17)10-6-4-5-7-10/h9-10H,3-8H2,1-2H3,(H2,14,15,16,18)/t9-/m1/s1. The van der Waals surface area contributed by atoms with Crippen molar-refractivity contribution in [3.05, 3.63) is 0 Å². The van der Waals surface area contributed by atoms with Crippen LogP contribution in [0.2, 0.25) is 0 Å². The monoisotopic (exact) mass is 270 g/mol. The third kappa shape index (κ3) is 5.72. The summed E-state index contributed by atoms with van der Waals surface area (Å²) in [7, 11) is 0. The van der Waals surface area contributed by atoms with Crippen LogP contribution in [0.4, 0.5) is 4.79 Å². The molecule has 19 heavy (non-hydrogen) atoms. The van der Waals surface area contributed by atoms with E-state index in [2.05, 4.69) is 10.6 Å². The van der Waals surface area contributed by atoms with Crippen molar-refractivity contribution in [1.29, 1.82) is 0 Å². The van der Waals surface area contributed by atoms with Crippen LogP contribution in [-0.4, -0.2) is 30.6 Å². The van der Waals surface area contributed by atoms with Crippen molar-refractivity contribution in [3.8, 4) is 0 Å². The molecule has 0 bridgehead atoms. The van der Waals surface area contributed by atoms with Gasteiger partial charge in [-0.1, -0.05) is 19.8 Å². The van der Waals surface area contributed by atoms with E-state index in [1.807, 2.05) is 13.8 Å². The summed E-state index contributed by atoms with van der Waals surface area (Å²) < 4.78 is 4.89. The van der Waals surface area contributed by atoms with Crippen LogP contribution in [0.25, 0.3) is 0 Å². The van der Waals surface area contributed by atoms with Crippen LogP contribution in [0, 0.1) is 5.92 Å². The fraction of sp³-hybridized carbons (Fsp3) is 0.769. The number of hydrogen-bond acceptors (Lipinski definition) is 4. The molecule has 3 amide bonds. The van der Waals surface area contributed by atoms with Gasteiger partial charge in [0.25, 0.3) is 5.91 Å². The summed E-state index contributed by atoms with van der Waals surface area (Å²) in [5.41, 5.74) is 0. The third-order valence-electron chi connectivity index (χ3n) is 3.28. The zero-order valence-electron chi connectivity index (χ0n) is 11.5. The van der Waals surface area contributed by atoms with E-state index >= 15 is 0 Å². The number of carbonyl (C=O) groups excluding carboxylic acids is 3. The molecule has 6 nitrogen and oxygen atoms in total. The fourth-order valence-corrected chi connectivity index (χ4v) is 1.94. The summed E-state index contributed by atoms with van der Waals surface area (Å²) in [6.07, 6.45) is 4.49. The largest absolute Gasteiger partial charge is 0.455 e. The van der Waals surface area contributed by atoms with E-state index in [4.69, 9.17) is 4.74 Å². The second-order valence-electron chi connectivity index (χ2n) is 4.92. The van der Waals surface area contributed by atoms with E-state index in [1.165, 1.54) is 0 Å². The molecule has 0 heterocycles. The molecule has 108 valence electrons. The molecule has 6 heteroatoms. The topological polar surface area (TPSA) is 84.5 Å². The van der Waals surface area contributed by atoms with Gasteiger partial charge in [-0.25, -0.2) is 4.79 Å². The van der Waals surface area contributed by atoms with Gasteiger partial charge in [-0.05, 0) is 26.2 Å². The maximum Gasteiger partial charge on any atom is 0.321 e. The highest BCUT2D eigenvalue weighted by molar-refractivity contribution is 5.95. The molecule has 0 saturated heterocycles. The molecule has 0 spiro atoms. The number of rotatable bonds is 5. The Morgan fingerprint density at radius 1 is 1.26 bits per heavy atom. The number of amides is 3. The SMILES string of the molecule is CC[C@@H](C)NC(=O)NC(=O)COC(=O)C1CCCC1. The molecule has 2 N–H and O–H groups in total. The first-order valence-electron chi connectivity index (χ1n) is 6.80. The van der Waals surface area contributed by atoms with E-state index in [0.29, 0.717) is 0 Å². The van der Waals surface area contributed by atoms with Gasteiger partial charge in [0.1, 0.15) is 0 Å². The highest BCUT2D eigenvalue weighted by Gasteiger charge is 2.24. The van der Waals surface area contributed by atoms with Gasteiger partial charge in [-0.3, -0.25) is 14.9 Å². The van der Waals surface area contributed by atoms with Crippen LogP contribution in [-0.2, 0) is 14.3 Å². The second kappa shape index (κ2) is 7.76. The number of carbonyl (C=O) groups is 3. The Bertz CT molecular complexity index is 338. The van der Waals surface area contributed by atoms with Crippen LogP contribution < -0.4 is 10.6 Å². The van der Waals surface area contributed by atoms with Crippen molar-refractivity contribution in [1.82, 2.24) is 10.6 Å². The zero-order chi connectivity index (χ0) is 14.3.